The van der Waals surface area contributed by atoms with Crippen molar-refractivity contribution in [1.29, 1.82) is 0 Å². The van der Waals surface area contributed by atoms with Gasteiger partial charge >= 0.3 is 0 Å². The lowest BCUT2D eigenvalue weighted by molar-refractivity contribution is 0.211. The highest BCUT2D eigenvalue weighted by Gasteiger charge is 2.15. The second-order valence-corrected chi connectivity index (χ2v) is 4.65. The lowest BCUT2D eigenvalue weighted by Crippen LogP contribution is -2.27. The molecule has 17 heavy (non-hydrogen) atoms. The van der Waals surface area contributed by atoms with Gasteiger partial charge in [0.1, 0.15) is 12.8 Å². The van der Waals surface area contributed by atoms with Crippen LogP contribution in [-0.2, 0) is 4.84 Å². The minimum atomic E-state index is 0.742. The van der Waals surface area contributed by atoms with Gasteiger partial charge in [0.15, 0.2) is 0 Å². The van der Waals surface area contributed by atoms with Crippen LogP contribution in [-0.4, -0.2) is 37.4 Å². The lowest BCUT2D eigenvalue weighted by Gasteiger charge is -2.15. The zero-order valence-electron chi connectivity index (χ0n) is 10.0. The van der Waals surface area contributed by atoms with E-state index in [9.17, 15) is 0 Å². The Morgan fingerprint density at radius 3 is 2.53 bits per heavy atom. The third-order valence-electron chi connectivity index (χ3n) is 2.95. The van der Waals surface area contributed by atoms with Gasteiger partial charge in [-0.25, -0.2) is 0 Å². The van der Waals surface area contributed by atoms with Crippen LogP contribution in [0.1, 0.15) is 18.4 Å². The molecule has 0 atom stereocenters. The molecule has 0 unspecified atom stereocenters. The summed E-state index contributed by atoms with van der Waals surface area (Å²) in [4.78, 5) is 7.32. The Kier molecular flexibility index (Phi) is 4.40. The fraction of sp³-hybridized carbons (Fsp3) is 0.462. The fourth-order valence-corrected chi connectivity index (χ4v) is 2.20. The van der Waals surface area contributed by atoms with Crippen molar-refractivity contribution in [2.45, 2.75) is 12.8 Å². The molecule has 0 aliphatic carbocycles. The maximum absolute atomic E-state index is 5.88. The molecule has 1 aromatic carbocycles. The molecule has 0 aromatic heterocycles. The second-order valence-electron chi connectivity index (χ2n) is 4.21. The molecule has 1 aromatic rings. The van der Waals surface area contributed by atoms with Crippen molar-refractivity contribution in [1.82, 2.24) is 4.90 Å². The highest BCUT2D eigenvalue weighted by Crippen LogP contribution is 2.13. The second kappa shape index (κ2) is 6.03. The lowest BCUT2D eigenvalue weighted by atomic mass is 10.1. The normalized spacial score (nSPS) is 17.4. The molecule has 1 saturated heterocycles. The molecule has 1 heterocycles. The maximum atomic E-state index is 5.88. The van der Waals surface area contributed by atoms with Crippen molar-refractivity contribution in [3.8, 4) is 0 Å². The van der Waals surface area contributed by atoms with Gasteiger partial charge in [-0.2, -0.15) is 0 Å². The third-order valence-corrected chi connectivity index (χ3v) is 3.20. The summed E-state index contributed by atoms with van der Waals surface area (Å²) in [5, 5.41) is 4.86. The Morgan fingerprint density at radius 1 is 1.29 bits per heavy atom. The standard InChI is InChI=1S/C13H17ClN2O/c1-17-15-13(10-16-8-2-3-9-16)11-4-6-12(14)7-5-11/h4-7H,2-3,8-10H2,1H3/b15-13-. The minimum Gasteiger partial charge on any atom is -0.399 e. The zero-order valence-corrected chi connectivity index (χ0v) is 10.8. The van der Waals surface area contributed by atoms with Crippen LogP contribution in [0.3, 0.4) is 0 Å². The van der Waals surface area contributed by atoms with Crippen LogP contribution in [0.5, 0.6) is 0 Å². The number of benzene rings is 1. The van der Waals surface area contributed by atoms with Crippen molar-refractivity contribution >= 4 is 17.3 Å². The molecule has 0 bridgehead atoms. The molecule has 4 heteroatoms. The minimum absolute atomic E-state index is 0.742. The third kappa shape index (κ3) is 3.45. The van der Waals surface area contributed by atoms with Gasteiger partial charge in [-0.05, 0) is 38.1 Å². The molecule has 1 aliphatic heterocycles. The first-order chi connectivity index (χ1) is 8.29. The molecular weight excluding hydrogens is 236 g/mol. The van der Waals surface area contributed by atoms with E-state index in [0.29, 0.717) is 0 Å². The van der Waals surface area contributed by atoms with E-state index in [-0.39, 0.29) is 0 Å². The van der Waals surface area contributed by atoms with Crippen LogP contribution in [0.15, 0.2) is 29.4 Å². The Bertz CT molecular complexity index is 383. The summed E-state index contributed by atoms with van der Waals surface area (Å²) < 4.78 is 0. The first-order valence-electron chi connectivity index (χ1n) is 5.88. The predicted octanol–water partition coefficient (Wildman–Crippen LogP) is 2.79. The number of likely N-dealkylation sites (tertiary alicyclic amines) is 1. The number of hydrogen-bond donors (Lipinski definition) is 0. The molecule has 0 radical (unpaired) electrons. The van der Waals surface area contributed by atoms with Gasteiger partial charge in [0, 0.05) is 17.1 Å². The monoisotopic (exact) mass is 252 g/mol. The van der Waals surface area contributed by atoms with Crippen LogP contribution in [0.25, 0.3) is 0 Å². The van der Waals surface area contributed by atoms with Crippen molar-refractivity contribution in [3.63, 3.8) is 0 Å². The van der Waals surface area contributed by atoms with E-state index >= 15 is 0 Å². The summed E-state index contributed by atoms with van der Waals surface area (Å²) in [7, 11) is 1.58. The average Bonchev–Trinajstić information content (AvgIpc) is 2.82. The molecule has 2 rings (SSSR count). The molecule has 1 fully saturated rings. The SMILES string of the molecule is CO/N=C(/CN1CCCC1)c1ccc(Cl)cc1. The van der Waals surface area contributed by atoms with Gasteiger partial charge in [0.2, 0.25) is 0 Å². The molecule has 1 aliphatic rings. The summed E-state index contributed by atoms with van der Waals surface area (Å²) in [6.07, 6.45) is 2.56. The average molecular weight is 253 g/mol. The van der Waals surface area contributed by atoms with Crippen LogP contribution >= 0.6 is 11.6 Å². The van der Waals surface area contributed by atoms with Gasteiger partial charge in [0.25, 0.3) is 0 Å². The highest BCUT2D eigenvalue weighted by molar-refractivity contribution is 6.30. The first-order valence-corrected chi connectivity index (χ1v) is 6.25. The quantitative estimate of drug-likeness (QED) is 0.608. The first kappa shape index (κ1) is 12.4. The van der Waals surface area contributed by atoms with E-state index in [1.165, 1.54) is 12.8 Å². The van der Waals surface area contributed by atoms with E-state index in [4.69, 9.17) is 16.4 Å². The number of halogens is 1. The molecule has 0 spiro atoms. The molecule has 92 valence electrons. The Morgan fingerprint density at radius 2 is 1.94 bits per heavy atom. The van der Waals surface area contributed by atoms with Crippen molar-refractivity contribution in [2.75, 3.05) is 26.7 Å². The Balaban J connectivity index is 2.11. The molecular formula is C13H17ClN2O. The summed E-state index contributed by atoms with van der Waals surface area (Å²) in [5.74, 6) is 0. The van der Waals surface area contributed by atoms with Crippen LogP contribution in [0.4, 0.5) is 0 Å². The van der Waals surface area contributed by atoms with Crippen LogP contribution < -0.4 is 0 Å². The van der Waals surface area contributed by atoms with Crippen molar-refractivity contribution in [2.24, 2.45) is 5.16 Å². The summed E-state index contributed by atoms with van der Waals surface area (Å²) >= 11 is 5.88. The molecule has 3 nitrogen and oxygen atoms in total. The van der Waals surface area contributed by atoms with Gasteiger partial charge in [0.05, 0.1) is 0 Å². The molecule has 0 N–H and O–H groups in total. The zero-order chi connectivity index (χ0) is 12.1. The number of nitrogens with zero attached hydrogens (tertiary/aromatic N) is 2. The molecule has 0 saturated carbocycles. The fourth-order valence-electron chi connectivity index (χ4n) is 2.08. The topological polar surface area (TPSA) is 24.8 Å². The van der Waals surface area contributed by atoms with Crippen LogP contribution in [0, 0.1) is 0 Å². The van der Waals surface area contributed by atoms with Gasteiger partial charge in [-0.1, -0.05) is 28.9 Å². The molecule has 0 amide bonds. The van der Waals surface area contributed by atoms with Gasteiger partial charge in [-0.15, -0.1) is 0 Å². The largest absolute Gasteiger partial charge is 0.399 e. The van der Waals surface area contributed by atoms with Gasteiger partial charge < -0.3 is 4.84 Å². The predicted molar refractivity (Wildman–Crippen MR) is 70.7 cm³/mol. The van der Waals surface area contributed by atoms with Crippen molar-refractivity contribution < 1.29 is 4.84 Å². The maximum Gasteiger partial charge on any atom is 0.106 e. The Labute approximate surface area is 107 Å². The van der Waals surface area contributed by atoms with E-state index in [2.05, 4.69) is 10.1 Å². The summed E-state index contributed by atoms with van der Waals surface area (Å²) in [5.41, 5.74) is 2.04. The summed E-state index contributed by atoms with van der Waals surface area (Å²) in [6, 6.07) is 7.73. The number of oxime groups is 1. The van der Waals surface area contributed by atoms with Crippen LogP contribution in [0.2, 0.25) is 5.02 Å². The van der Waals surface area contributed by atoms with Crippen molar-refractivity contribution in [3.05, 3.63) is 34.9 Å². The Hall–Kier alpha value is -1.06. The number of rotatable bonds is 4. The highest BCUT2D eigenvalue weighted by atomic mass is 35.5. The smallest absolute Gasteiger partial charge is 0.106 e. The van der Waals surface area contributed by atoms with E-state index in [1.54, 1.807) is 7.11 Å². The van der Waals surface area contributed by atoms with E-state index in [0.717, 1.165) is 35.9 Å². The number of hydrogen-bond acceptors (Lipinski definition) is 3. The van der Waals surface area contributed by atoms with Gasteiger partial charge in [-0.3, -0.25) is 4.90 Å². The summed E-state index contributed by atoms with van der Waals surface area (Å²) in [6.45, 7) is 3.14. The van der Waals surface area contributed by atoms with E-state index < -0.39 is 0 Å². The van der Waals surface area contributed by atoms with E-state index in [1.807, 2.05) is 24.3 Å².